The highest BCUT2D eigenvalue weighted by atomic mass is 35.5. The van der Waals surface area contributed by atoms with Crippen LogP contribution in [-0.2, 0) is 17.8 Å². The zero-order chi connectivity index (χ0) is 32.3. The molecule has 2 N–H and O–H groups in total. The van der Waals surface area contributed by atoms with Gasteiger partial charge in [0.15, 0.2) is 10.9 Å². The van der Waals surface area contributed by atoms with Gasteiger partial charge in [0.05, 0.1) is 26.6 Å². The molecule has 2 aliphatic rings. The number of nitrogens with two attached hydrogens (primary N) is 1. The van der Waals surface area contributed by atoms with E-state index in [2.05, 4.69) is 35.6 Å². The zero-order valence-corrected chi connectivity index (χ0v) is 26.5. The van der Waals surface area contributed by atoms with Crippen molar-refractivity contribution in [2.45, 2.75) is 13.0 Å². The number of pyridine rings is 1. The van der Waals surface area contributed by atoms with E-state index >= 15 is 4.39 Å². The number of nitrogens with zero attached hydrogens (tertiary/aromatic N) is 6. The molecular formula is C34H28ClF2N7OS. The predicted octanol–water partition coefficient (Wildman–Crippen LogP) is 6.39. The minimum absolute atomic E-state index is 0.0247. The van der Waals surface area contributed by atoms with Crippen LogP contribution in [0.2, 0.25) is 5.02 Å². The number of anilines is 2. The molecule has 0 radical (unpaired) electrons. The summed E-state index contributed by atoms with van der Waals surface area (Å²) in [5.41, 5.74) is 10.7. The van der Waals surface area contributed by atoms with E-state index in [9.17, 15) is 14.4 Å². The molecule has 8 nitrogen and oxygen atoms in total. The Bertz CT molecular complexity index is 2130. The number of piperazine rings is 1. The fraction of sp³-hybridized carbons (Fsp3) is 0.235. The second-order valence-corrected chi connectivity index (χ2v) is 12.9. The van der Waals surface area contributed by atoms with Gasteiger partial charge in [-0.2, -0.15) is 5.26 Å². The van der Waals surface area contributed by atoms with Crippen molar-refractivity contribution in [1.82, 2.24) is 19.8 Å². The highest BCUT2D eigenvalue weighted by Gasteiger charge is 2.30. The van der Waals surface area contributed by atoms with Crippen LogP contribution < -0.4 is 10.6 Å². The lowest BCUT2D eigenvalue weighted by Crippen LogP contribution is -2.48. The van der Waals surface area contributed by atoms with Gasteiger partial charge in [0, 0.05) is 61.3 Å². The van der Waals surface area contributed by atoms with Gasteiger partial charge in [-0.25, -0.2) is 18.7 Å². The Kier molecular flexibility index (Phi) is 7.59. The average molecular weight is 656 g/mol. The summed E-state index contributed by atoms with van der Waals surface area (Å²) >= 11 is 7.83. The van der Waals surface area contributed by atoms with Crippen molar-refractivity contribution in [3.8, 4) is 28.5 Å². The molecule has 0 saturated carbocycles. The molecule has 0 atom stereocenters. The third-order valence-electron chi connectivity index (χ3n) is 8.83. The first-order valence-corrected chi connectivity index (χ1v) is 16.0. The molecule has 4 heterocycles. The number of nitriles is 1. The fourth-order valence-electron chi connectivity index (χ4n) is 6.64. The van der Waals surface area contributed by atoms with Gasteiger partial charge in [0.2, 0.25) is 5.91 Å². The van der Waals surface area contributed by atoms with Crippen molar-refractivity contribution in [3.05, 3.63) is 82.4 Å². The second-order valence-electron chi connectivity index (χ2n) is 11.5. The molecule has 0 unspecified atom stereocenters. The Morgan fingerprint density at radius 2 is 1.89 bits per heavy atom. The van der Waals surface area contributed by atoms with Crippen LogP contribution in [0.25, 0.3) is 43.5 Å². The summed E-state index contributed by atoms with van der Waals surface area (Å²) in [6.45, 7) is 6.78. The van der Waals surface area contributed by atoms with Crippen LogP contribution in [0.4, 0.5) is 19.6 Å². The number of halogens is 3. The molecule has 2 aliphatic heterocycles. The van der Waals surface area contributed by atoms with E-state index in [1.54, 1.807) is 11.0 Å². The molecule has 1 fully saturated rings. The largest absolute Gasteiger partial charge is 0.375 e. The monoisotopic (exact) mass is 655 g/mol. The van der Waals surface area contributed by atoms with Gasteiger partial charge in [-0.1, -0.05) is 47.7 Å². The first-order chi connectivity index (χ1) is 22.2. The van der Waals surface area contributed by atoms with E-state index in [0.29, 0.717) is 54.1 Å². The Hall–Kier alpha value is -4.63. The number of likely N-dealkylation sites (N-methyl/N-ethyl adjacent to an activating group) is 1. The topological polar surface area (TPSA) is 102 Å². The summed E-state index contributed by atoms with van der Waals surface area (Å²) < 4.78 is 32.0. The maximum absolute atomic E-state index is 17.1. The Morgan fingerprint density at radius 1 is 1.11 bits per heavy atom. The van der Waals surface area contributed by atoms with Gasteiger partial charge >= 0.3 is 0 Å². The molecule has 1 saturated heterocycles. The SMILES string of the molecule is C=CC(=O)N1CCN(c2c(C#N)c(-c3cccc4c3CCN(C)C4)nc3c(F)c(-c4ccc(F)c5sc(N)nc45)c(Cl)cc23)CC1. The summed E-state index contributed by atoms with van der Waals surface area (Å²) in [5, 5.41) is 11.3. The number of thiazole rings is 1. The van der Waals surface area contributed by atoms with Crippen LogP contribution in [0, 0.1) is 23.0 Å². The van der Waals surface area contributed by atoms with Crippen molar-refractivity contribution in [1.29, 1.82) is 5.26 Å². The van der Waals surface area contributed by atoms with E-state index < -0.39 is 11.6 Å². The highest BCUT2D eigenvalue weighted by Crippen LogP contribution is 2.45. The van der Waals surface area contributed by atoms with Crippen LogP contribution in [0.15, 0.2) is 49.1 Å². The Morgan fingerprint density at radius 3 is 2.63 bits per heavy atom. The standard InChI is InChI=1S/C34H28ClF2N7OS/c1-3-26(45)43-11-13-44(14-12-43)32-22-15-24(35)27(21-7-8-25(36)33-31(21)41-34(39)46-33)28(37)30(22)40-29(23(32)16-38)20-6-4-5-18-17-42(2)10-9-19(18)20/h3-8,15H,1,9-14,17H2,2H3,(H2,39,41). The van der Waals surface area contributed by atoms with E-state index in [4.69, 9.17) is 22.3 Å². The number of rotatable bonds is 4. The number of hydrogen-bond donors (Lipinski definition) is 1. The van der Waals surface area contributed by atoms with E-state index in [1.165, 1.54) is 18.2 Å². The third kappa shape index (κ3) is 4.85. The molecule has 0 bridgehead atoms. The lowest BCUT2D eigenvalue weighted by atomic mass is 9.90. The van der Waals surface area contributed by atoms with Gasteiger partial charge in [0.25, 0.3) is 0 Å². The minimum Gasteiger partial charge on any atom is -0.375 e. The molecule has 46 heavy (non-hydrogen) atoms. The molecule has 5 aromatic rings. The molecule has 0 aliphatic carbocycles. The summed E-state index contributed by atoms with van der Waals surface area (Å²) in [5.74, 6) is -1.40. The van der Waals surface area contributed by atoms with Crippen LogP contribution in [0.3, 0.4) is 0 Å². The summed E-state index contributed by atoms with van der Waals surface area (Å²) in [4.78, 5) is 27.4. The van der Waals surface area contributed by atoms with E-state index in [-0.39, 0.29) is 37.4 Å². The van der Waals surface area contributed by atoms with Crippen LogP contribution in [0.1, 0.15) is 16.7 Å². The lowest BCUT2D eigenvalue weighted by molar-refractivity contribution is -0.126. The molecule has 232 valence electrons. The van der Waals surface area contributed by atoms with Gasteiger partial charge in [-0.15, -0.1) is 0 Å². The summed E-state index contributed by atoms with van der Waals surface area (Å²) in [7, 11) is 2.06. The number of carbonyl (C=O) groups is 1. The summed E-state index contributed by atoms with van der Waals surface area (Å²) in [6.07, 6.45) is 2.03. The number of aromatic nitrogens is 2. The first kappa shape index (κ1) is 30.0. The number of carbonyl (C=O) groups excluding carboxylic acids is 1. The molecule has 7 rings (SSSR count). The minimum atomic E-state index is -0.709. The third-order valence-corrected chi connectivity index (χ3v) is 10.0. The van der Waals surface area contributed by atoms with Crippen molar-refractivity contribution < 1.29 is 13.6 Å². The first-order valence-electron chi connectivity index (χ1n) is 14.8. The number of nitrogen functional groups attached to an aromatic ring is 1. The Balaban J connectivity index is 1.51. The highest BCUT2D eigenvalue weighted by molar-refractivity contribution is 7.22. The van der Waals surface area contributed by atoms with Crippen molar-refractivity contribution in [2.24, 2.45) is 0 Å². The van der Waals surface area contributed by atoms with Gasteiger partial charge in [-0.3, -0.25) is 4.79 Å². The second kappa shape index (κ2) is 11.6. The predicted molar refractivity (Wildman–Crippen MR) is 179 cm³/mol. The van der Waals surface area contributed by atoms with Crippen molar-refractivity contribution in [3.63, 3.8) is 0 Å². The van der Waals surface area contributed by atoms with Crippen molar-refractivity contribution >= 4 is 60.8 Å². The van der Waals surface area contributed by atoms with Crippen LogP contribution >= 0.6 is 22.9 Å². The van der Waals surface area contributed by atoms with E-state index in [1.807, 2.05) is 17.0 Å². The Labute approximate surface area is 272 Å². The van der Waals surface area contributed by atoms with Crippen molar-refractivity contribution in [2.75, 3.05) is 50.4 Å². The maximum Gasteiger partial charge on any atom is 0.246 e. The summed E-state index contributed by atoms with van der Waals surface area (Å²) in [6, 6.07) is 12.6. The van der Waals surface area contributed by atoms with Gasteiger partial charge in [-0.05, 0) is 48.9 Å². The maximum atomic E-state index is 17.1. The van der Waals surface area contributed by atoms with Gasteiger partial charge in [0.1, 0.15) is 23.0 Å². The molecule has 1 amide bonds. The molecule has 0 spiro atoms. The smallest absolute Gasteiger partial charge is 0.246 e. The quantitative estimate of drug-likeness (QED) is 0.224. The molecule has 12 heteroatoms. The molecule has 2 aromatic heterocycles. The van der Waals surface area contributed by atoms with Crippen LogP contribution in [-0.4, -0.2) is 65.4 Å². The van der Waals surface area contributed by atoms with Crippen LogP contribution in [0.5, 0.6) is 0 Å². The number of hydrogen-bond acceptors (Lipinski definition) is 8. The molecular weight excluding hydrogens is 628 g/mol. The normalized spacial score (nSPS) is 15.3. The number of fused-ring (bicyclic) bond motifs is 3. The zero-order valence-electron chi connectivity index (χ0n) is 24.9. The average Bonchev–Trinajstić information content (AvgIpc) is 3.46. The lowest BCUT2D eigenvalue weighted by Gasteiger charge is -2.37. The van der Waals surface area contributed by atoms with Gasteiger partial charge < -0.3 is 20.4 Å². The number of amides is 1. The molecule has 3 aromatic carbocycles. The number of benzene rings is 3. The van der Waals surface area contributed by atoms with E-state index in [0.717, 1.165) is 47.5 Å². The fourth-order valence-corrected chi connectivity index (χ4v) is 7.69.